The Bertz CT molecular complexity index is 805. The van der Waals surface area contributed by atoms with Crippen LogP contribution in [-0.4, -0.2) is 38.7 Å². The van der Waals surface area contributed by atoms with Crippen molar-refractivity contribution in [2.24, 2.45) is 0 Å². The molecule has 0 aliphatic carbocycles. The molecule has 24 heavy (non-hydrogen) atoms. The highest BCUT2D eigenvalue weighted by Crippen LogP contribution is 2.33. The number of hydrogen-bond donors (Lipinski definition) is 1. The van der Waals surface area contributed by atoms with Crippen LogP contribution in [0.2, 0.25) is 0 Å². The molecule has 1 amide bonds. The molecule has 2 aromatic rings. The Balaban J connectivity index is 1.36. The summed E-state index contributed by atoms with van der Waals surface area (Å²) in [5.41, 5.74) is 2.66. The fourth-order valence-corrected chi connectivity index (χ4v) is 4.24. The molecule has 0 aromatic carbocycles. The summed E-state index contributed by atoms with van der Waals surface area (Å²) in [6.45, 7) is 3.49. The quantitative estimate of drug-likeness (QED) is 0.900. The number of nitrogens with zero attached hydrogens (tertiary/aromatic N) is 5. The first kappa shape index (κ1) is 13.9. The number of nitrogens with one attached hydrogen (secondary N) is 1. The molecule has 0 unspecified atom stereocenters. The number of piperidine rings is 1. The van der Waals surface area contributed by atoms with Crippen LogP contribution in [0.1, 0.15) is 52.9 Å². The van der Waals surface area contributed by atoms with Gasteiger partial charge in [0.1, 0.15) is 11.6 Å². The minimum Gasteiger partial charge on any atom is -0.371 e. The molecule has 0 spiro atoms. The van der Waals surface area contributed by atoms with Crippen LogP contribution in [0, 0.1) is 0 Å². The van der Waals surface area contributed by atoms with E-state index >= 15 is 0 Å². The number of hydrogen-bond acceptors (Lipinski definition) is 5. The van der Waals surface area contributed by atoms with Crippen molar-refractivity contribution < 1.29 is 4.79 Å². The highest BCUT2D eigenvalue weighted by atomic mass is 16.2. The smallest absolute Gasteiger partial charge is 0.255 e. The van der Waals surface area contributed by atoms with Crippen LogP contribution in [0.25, 0.3) is 0 Å². The molecule has 5 heterocycles. The molecule has 1 N–H and O–H groups in total. The number of rotatable bonds is 2. The van der Waals surface area contributed by atoms with Crippen LogP contribution < -0.4 is 10.2 Å². The molecule has 124 valence electrons. The molecule has 3 aliphatic rings. The van der Waals surface area contributed by atoms with Crippen LogP contribution in [0.5, 0.6) is 0 Å². The van der Waals surface area contributed by atoms with Gasteiger partial charge in [0, 0.05) is 38.2 Å². The molecule has 1 fully saturated rings. The van der Waals surface area contributed by atoms with Gasteiger partial charge in [-0.05, 0) is 25.3 Å². The highest BCUT2D eigenvalue weighted by molar-refractivity contribution is 6.03. The lowest BCUT2D eigenvalue weighted by molar-refractivity contribution is 0.0966. The lowest BCUT2D eigenvalue weighted by Crippen LogP contribution is -2.35. The predicted molar refractivity (Wildman–Crippen MR) is 87.9 cm³/mol. The number of amides is 1. The number of pyridine rings is 1. The minimum absolute atomic E-state index is 0.00509. The van der Waals surface area contributed by atoms with E-state index in [-0.39, 0.29) is 5.91 Å². The maximum atomic E-state index is 12.1. The Morgan fingerprint density at radius 1 is 1.17 bits per heavy atom. The van der Waals surface area contributed by atoms with Crippen molar-refractivity contribution in [2.45, 2.75) is 44.7 Å². The summed E-state index contributed by atoms with van der Waals surface area (Å²) in [5, 5.41) is 11.7. The largest absolute Gasteiger partial charge is 0.371 e. The topological polar surface area (TPSA) is 75.9 Å². The van der Waals surface area contributed by atoms with Gasteiger partial charge in [0.25, 0.3) is 5.91 Å². The molecule has 1 saturated heterocycles. The summed E-state index contributed by atoms with van der Waals surface area (Å²) in [4.78, 5) is 18.8. The van der Waals surface area contributed by atoms with Gasteiger partial charge in [-0.15, -0.1) is 10.2 Å². The van der Waals surface area contributed by atoms with E-state index < -0.39 is 0 Å². The summed E-state index contributed by atoms with van der Waals surface area (Å²) >= 11 is 0. The minimum atomic E-state index is 0.00509. The fraction of sp³-hybridized carbons (Fsp3) is 0.529. The lowest BCUT2D eigenvalue weighted by atomic mass is 9.95. The molecular formula is C17H20N6O. The molecule has 0 bridgehead atoms. The summed E-state index contributed by atoms with van der Waals surface area (Å²) < 4.78 is 2.32. The zero-order valence-corrected chi connectivity index (χ0v) is 13.5. The third-order valence-corrected chi connectivity index (χ3v) is 5.49. The van der Waals surface area contributed by atoms with Gasteiger partial charge < -0.3 is 14.8 Å². The van der Waals surface area contributed by atoms with Crippen LogP contribution in [0.3, 0.4) is 0 Å². The average Bonchev–Trinajstić information content (AvgIpc) is 3.31. The van der Waals surface area contributed by atoms with E-state index in [1.165, 1.54) is 12.2 Å². The maximum Gasteiger partial charge on any atom is 0.255 e. The number of carbonyl (C=O) groups excluding carboxylic acids is 1. The Labute approximate surface area is 140 Å². The first-order valence-corrected chi connectivity index (χ1v) is 8.74. The average molecular weight is 324 g/mol. The molecule has 5 rings (SSSR count). The van der Waals surface area contributed by atoms with Crippen LogP contribution in [-0.2, 0) is 19.5 Å². The SMILES string of the molecule is O=C1NCc2nccc(N3CCC(c4nnc5n4CCC5)CC3)c21. The molecule has 0 atom stereocenters. The summed E-state index contributed by atoms with van der Waals surface area (Å²) in [6, 6.07) is 1.97. The molecular weight excluding hydrogens is 304 g/mol. The molecule has 0 saturated carbocycles. The van der Waals surface area contributed by atoms with Crippen molar-refractivity contribution in [1.29, 1.82) is 0 Å². The van der Waals surface area contributed by atoms with Gasteiger partial charge in [0.2, 0.25) is 0 Å². The van der Waals surface area contributed by atoms with Crippen molar-refractivity contribution >= 4 is 11.6 Å². The first-order valence-electron chi connectivity index (χ1n) is 8.74. The first-order chi connectivity index (χ1) is 11.8. The van der Waals surface area contributed by atoms with Crippen molar-refractivity contribution in [3.8, 4) is 0 Å². The normalized spacial score (nSPS) is 20.2. The second-order valence-corrected chi connectivity index (χ2v) is 6.83. The van der Waals surface area contributed by atoms with Crippen LogP contribution >= 0.6 is 0 Å². The number of aromatic nitrogens is 4. The molecule has 3 aliphatic heterocycles. The maximum absolute atomic E-state index is 12.1. The van der Waals surface area contributed by atoms with Gasteiger partial charge in [-0.1, -0.05) is 0 Å². The van der Waals surface area contributed by atoms with Gasteiger partial charge >= 0.3 is 0 Å². The van der Waals surface area contributed by atoms with Crippen molar-refractivity contribution in [1.82, 2.24) is 25.1 Å². The lowest BCUT2D eigenvalue weighted by Gasteiger charge is -2.34. The van der Waals surface area contributed by atoms with E-state index in [4.69, 9.17) is 0 Å². The molecule has 0 radical (unpaired) electrons. The summed E-state index contributed by atoms with van der Waals surface area (Å²) in [7, 11) is 0. The second kappa shape index (κ2) is 5.29. The number of aryl methyl sites for hydroxylation is 1. The second-order valence-electron chi connectivity index (χ2n) is 6.83. The Morgan fingerprint density at radius 2 is 2.04 bits per heavy atom. The van der Waals surface area contributed by atoms with Gasteiger partial charge in [0.15, 0.2) is 0 Å². The van der Waals surface area contributed by atoms with Gasteiger partial charge in [-0.3, -0.25) is 9.78 Å². The highest BCUT2D eigenvalue weighted by Gasteiger charge is 2.31. The molecule has 7 nitrogen and oxygen atoms in total. The summed E-state index contributed by atoms with van der Waals surface area (Å²) in [5.74, 6) is 2.80. The van der Waals surface area contributed by atoms with E-state index in [0.29, 0.717) is 12.5 Å². The number of fused-ring (bicyclic) bond motifs is 2. The van der Waals surface area contributed by atoms with Gasteiger partial charge in [-0.25, -0.2) is 0 Å². The Kier molecular flexibility index (Phi) is 3.08. The Hall–Kier alpha value is -2.44. The monoisotopic (exact) mass is 324 g/mol. The predicted octanol–water partition coefficient (Wildman–Crippen LogP) is 1.25. The van der Waals surface area contributed by atoms with E-state index in [9.17, 15) is 4.79 Å². The third kappa shape index (κ3) is 2.03. The standard InChI is InChI=1S/C17H20N6O/c24-17-15-12(10-19-17)18-6-3-13(15)22-8-4-11(5-9-22)16-21-20-14-2-1-7-23(14)16/h3,6,11H,1-2,4-5,7-10H2,(H,19,24). The van der Waals surface area contributed by atoms with Gasteiger partial charge in [-0.2, -0.15) is 0 Å². The van der Waals surface area contributed by atoms with Crippen molar-refractivity contribution in [2.75, 3.05) is 18.0 Å². The number of carbonyl (C=O) groups is 1. The van der Waals surface area contributed by atoms with Crippen LogP contribution in [0.4, 0.5) is 5.69 Å². The number of anilines is 1. The van der Waals surface area contributed by atoms with E-state index in [1.807, 2.05) is 12.3 Å². The molecule has 7 heteroatoms. The van der Waals surface area contributed by atoms with Crippen molar-refractivity contribution in [3.05, 3.63) is 35.2 Å². The Morgan fingerprint density at radius 3 is 2.92 bits per heavy atom. The zero-order chi connectivity index (χ0) is 16.1. The van der Waals surface area contributed by atoms with E-state index in [0.717, 1.165) is 61.7 Å². The van der Waals surface area contributed by atoms with E-state index in [2.05, 4.69) is 30.0 Å². The zero-order valence-electron chi connectivity index (χ0n) is 13.5. The van der Waals surface area contributed by atoms with Crippen molar-refractivity contribution in [3.63, 3.8) is 0 Å². The van der Waals surface area contributed by atoms with Crippen LogP contribution in [0.15, 0.2) is 12.3 Å². The third-order valence-electron chi connectivity index (χ3n) is 5.49. The van der Waals surface area contributed by atoms with Gasteiger partial charge in [0.05, 0.1) is 23.5 Å². The summed E-state index contributed by atoms with van der Waals surface area (Å²) in [6.07, 6.45) is 6.17. The van der Waals surface area contributed by atoms with E-state index in [1.54, 1.807) is 0 Å². The fourth-order valence-electron chi connectivity index (χ4n) is 4.24. The molecule has 2 aromatic heterocycles.